The number of nitrogens with zero attached hydrogens (tertiary/aromatic N) is 2. The Labute approximate surface area is 128 Å². The molecule has 0 bridgehead atoms. The number of hydrogen-bond donors (Lipinski definition) is 2. The Balaban J connectivity index is 1.99. The molecule has 0 fully saturated rings. The first kappa shape index (κ1) is 15.4. The van der Waals surface area contributed by atoms with Crippen LogP contribution in [0.15, 0.2) is 35.2 Å². The molecular formula is C14H19ClN4S. The Hall–Kier alpha value is -1.01. The minimum atomic E-state index is 0.153. The third kappa shape index (κ3) is 3.76. The second kappa shape index (κ2) is 7.13. The monoisotopic (exact) mass is 310 g/mol. The third-order valence-corrected chi connectivity index (χ3v) is 4.80. The number of nitrogens with two attached hydrogens (primary N) is 1. The molecule has 0 amide bonds. The van der Waals surface area contributed by atoms with Crippen molar-refractivity contribution < 1.29 is 0 Å². The molecule has 1 aromatic carbocycles. The van der Waals surface area contributed by atoms with Gasteiger partial charge in [-0.2, -0.15) is 5.10 Å². The lowest BCUT2D eigenvalue weighted by molar-refractivity contribution is 0.574. The fraction of sp³-hybridized carbons (Fsp3) is 0.357. The number of benzene rings is 1. The molecule has 1 heterocycles. The summed E-state index contributed by atoms with van der Waals surface area (Å²) in [6, 6.07) is 10.4. The molecule has 2 aromatic rings. The summed E-state index contributed by atoms with van der Waals surface area (Å²) in [5, 5.41) is 5.01. The van der Waals surface area contributed by atoms with Crippen molar-refractivity contribution in [3.05, 3.63) is 46.7 Å². The van der Waals surface area contributed by atoms with E-state index in [-0.39, 0.29) is 6.04 Å². The van der Waals surface area contributed by atoms with Gasteiger partial charge in [0.05, 0.1) is 5.69 Å². The van der Waals surface area contributed by atoms with Crippen LogP contribution in [0, 0.1) is 6.92 Å². The molecule has 108 valence electrons. The summed E-state index contributed by atoms with van der Waals surface area (Å²) in [6.45, 7) is 1.97. The van der Waals surface area contributed by atoms with Gasteiger partial charge in [-0.15, -0.1) is 11.8 Å². The van der Waals surface area contributed by atoms with Gasteiger partial charge in [-0.25, -0.2) is 0 Å². The smallest absolute Gasteiger partial charge is 0.130 e. The standard InChI is InChI=1S/C14H19ClN4S/c1-10-13(14(15)19(2)18-10)8-11(17-16)9-20-12-6-4-3-5-7-12/h3-7,11,17H,8-9,16H2,1-2H3. The highest BCUT2D eigenvalue weighted by Crippen LogP contribution is 2.23. The molecule has 3 N–H and O–H groups in total. The first-order valence-electron chi connectivity index (χ1n) is 6.43. The number of thioether (sulfide) groups is 1. The minimum absolute atomic E-state index is 0.153. The fourth-order valence-corrected chi connectivity index (χ4v) is 3.24. The molecule has 0 radical (unpaired) electrons. The lowest BCUT2D eigenvalue weighted by Crippen LogP contribution is -2.38. The predicted molar refractivity (Wildman–Crippen MR) is 84.9 cm³/mol. The van der Waals surface area contributed by atoms with Crippen LogP contribution in [0.4, 0.5) is 0 Å². The van der Waals surface area contributed by atoms with Crippen LogP contribution >= 0.6 is 23.4 Å². The normalized spacial score (nSPS) is 12.6. The van der Waals surface area contributed by atoms with E-state index in [9.17, 15) is 0 Å². The van der Waals surface area contributed by atoms with E-state index in [0.717, 1.165) is 23.4 Å². The average Bonchev–Trinajstić information content (AvgIpc) is 2.70. The van der Waals surface area contributed by atoms with Crippen molar-refractivity contribution in [1.29, 1.82) is 0 Å². The number of hydrazine groups is 1. The zero-order valence-electron chi connectivity index (χ0n) is 11.6. The van der Waals surface area contributed by atoms with Crippen molar-refractivity contribution in [1.82, 2.24) is 15.2 Å². The van der Waals surface area contributed by atoms with Crippen molar-refractivity contribution in [3.8, 4) is 0 Å². The number of hydrogen-bond acceptors (Lipinski definition) is 4. The summed E-state index contributed by atoms with van der Waals surface area (Å²) in [6.07, 6.45) is 0.773. The molecule has 0 saturated heterocycles. The number of rotatable bonds is 6. The van der Waals surface area contributed by atoms with E-state index in [1.807, 2.05) is 32.2 Å². The van der Waals surface area contributed by atoms with E-state index >= 15 is 0 Å². The molecule has 0 spiro atoms. The Morgan fingerprint density at radius 3 is 2.65 bits per heavy atom. The van der Waals surface area contributed by atoms with Crippen molar-refractivity contribution in [2.24, 2.45) is 12.9 Å². The number of nitrogens with one attached hydrogen (secondary N) is 1. The van der Waals surface area contributed by atoms with Crippen LogP contribution in [0.3, 0.4) is 0 Å². The maximum atomic E-state index is 6.26. The molecule has 2 rings (SSSR count). The minimum Gasteiger partial charge on any atom is -0.271 e. The Kier molecular flexibility index (Phi) is 5.48. The zero-order valence-corrected chi connectivity index (χ0v) is 13.2. The van der Waals surface area contributed by atoms with Gasteiger partial charge >= 0.3 is 0 Å². The summed E-state index contributed by atoms with van der Waals surface area (Å²) in [4.78, 5) is 1.24. The predicted octanol–water partition coefficient (Wildman–Crippen LogP) is 2.55. The van der Waals surface area contributed by atoms with Crippen molar-refractivity contribution in [2.75, 3.05) is 5.75 Å². The first-order valence-corrected chi connectivity index (χ1v) is 7.80. The van der Waals surface area contributed by atoms with Gasteiger partial charge in [0, 0.05) is 29.3 Å². The van der Waals surface area contributed by atoms with Crippen LogP contribution in [0.5, 0.6) is 0 Å². The lowest BCUT2D eigenvalue weighted by Gasteiger charge is -2.15. The van der Waals surface area contributed by atoms with Gasteiger partial charge in [0.1, 0.15) is 5.15 Å². The van der Waals surface area contributed by atoms with E-state index in [4.69, 9.17) is 17.4 Å². The Morgan fingerprint density at radius 1 is 1.40 bits per heavy atom. The molecule has 1 unspecified atom stereocenters. The van der Waals surface area contributed by atoms with Crippen LogP contribution in [0.1, 0.15) is 11.3 Å². The van der Waals surface area contributed by atoms with Gasteiger partial charge < -0.3 is 0 Å². The SMILES string of the molecule is Cc1nn(C)c(Cl)c1CC(CSc1ccccc1)NN. The largest absolute Gasteiger partial charge is 0.271 e. The van der Waals surface area contributed by atoms with E-state index in [2.05, 4.69) is 22.7 Å². The van der Waals surface area contributed by atoms with E-state index in [1.165, 1.54) is 4.90 Å². The van der Waals surface area contributed by atoms with Gasteiger partial charge in [0.2, 0.25) is 0 Å². The number of halogens is 1. The Morgan fingerprint density at radius 2 is 2.10 bits per heavy atom. The van der Waals surface area contributed by atoms with Gasteiger partial charge in [-0.3, -0.25) is 16.0 Å². The highest BCUT2D eigenvalue weighted by Gasteiger charge is 2.16. The maximum Gasteiger partial charge on any atom is 0.130 e. The summed E-state index contributed by atoms with van der Waals surface area (Å²) < 4.78 is 1.70. The summed E-state index contributed by atoms with van der Waals surface area (Å²) in [5.74, 6) is 6.54. The van der Waals surface area contributed by atoms with Crippen molar-refractivity contribution in [2.45, 2.75) is 24.3 Å². The fourth-order valence-electron chi connectivity index (χ4n) is 2.03. The number of aromatic nitrogens is 2. The lowest BCUT2D eigenvalue weighted by atomic mass is 10.1. The van der Waals surface area contributed by atoms with Gasteiger partial charge in [-0.05, 0) is 25.5 Å². The summed E-state index contributed by atoms with van der Waals surface area (Å²) in [7, 11) is 1.85. The molecule has 0 aliphatic heterocycles. The average molecular weight is 311 g/mol. The highest BCUT2D eigenvalue weighted by molar-refractivity contribution is 7.99. The molecule has 0 aliphatic carbocycles. The molecule has 1 aromatic heterocycles. The quantitative estimate of drug-likeness (QED) is 0.489. The second-order valence-electron chi connectivity index (χ2n) is 4.67. The molecule has 0 aliphatic rings. The molecule has 6 heteroatoms. The molecular weight excluding hydrogens is 292 g/mol. The van der Waals surface area contributed by atoms with E-state index in [0.29, 0.717) is 5.15 Å². The first-order chi connectivity index (χ1) is 9.61. The topological polar surface area (TPSA) is 55.9 Å². The zero-order chi connectivity index (χ0) is 14.5. The van der Waals surface area contributed by atoms with Crippen LogP contribution < -0.4 is 11.3 Å². The maximum absolute atomic E-state index is 6.26. The second-order valence-corrected chi connectivity index (χ2v) is 6.12. The van der Waals surface area contributed by atoms with Crippen molar-refractivity contribution in [3.63, 3.8) is 0 Å². The Bertz CT molecular complexity index is 556. The highest BCUT2D eigenvalue weighted by atomic mass is 35.5. The molecule has 4 nitrogen and oxygen atoms in total. The van der Waals surface area contributed by atoms with Gasteiger partial charge in [-0.1, -0.05) is 29.8 Å². The van der Waals surface area contributed by atoms with Crippen LogP contribution in [0.2, 0.25) is 5.15 Å². The number of aryl methyl sites for hydroxylation is 2. The molecule has 20 heavy (non-hydrogen) atoms. The molecule has 0 saturated carbocycles. The summed E-state index contributed by atoms with van der Waals surface area (Å²) in [5.41, 5.74) is 4.89. The third-order valence-electron chi connectivity index (χ3n) is 3.15. The van der Waals surface area contributed by atoms with Crippen LogP contribution in [-0.4, -0.2) is 21.6 Å². The van der Waals surface area contributed by atoms with Crippen LogP contribution in [-0.2, 0) is 13.5 Å². The van der Waals surface area contributed by atoms with Gasteiger partial charge in [0.15, 0.2) is 0 Å². The van der Waals surface area contributed by atoms with Gasteiger partial charge in [0.25, 0.3) is 0 Å². The van der Waals surface area contributed by atoms with E-state index in [1.54, 1.807) is 16.4 Å². The van der Waals surface area contributed by atoms with Crippen LogP contribution in [0.25, 0.3) is 0 Å². The van der Waals surface area contributed by atoms with Crippen molar-refractivity contribution >= 4 is 23.4 Å². The summed E-state index contributed by atoms with van der Waals surface area (Å²) >= 11 is 8.04. The van der Waals surface area contributed by atoms with E-state index < -0.39 is 0 Å². The molecule has 1 atom stereocenters.